The summed E-state index contributed by atoms with van der Waals surface area (Å²) >= 11 is 0. The Balaban J connectivity index is 1.37. The van der Waals surface area contributed by atoms with Crippen LogP contribution in [0, 0.1) is 0 Å². The predicted octanol–water partition coefficient (Wildman–Crippen LogP) is 2.93. The summed E-state index contributed by atoms with van der Waals surface area (Å²) in [6.45, 7) is 6.29. The maximum atomic E-state index is 13.0. The maximum absolute atomic E-state index is 13.0. The van der Waals surface area contributed by atoms with Gasteiger partial charge in [0.25, 0.3) is 0 Å². The summed E-state index contributed by atoms with van der Waals surface area (Å²) in [6.07, 6.45) is 5.90. The van der Waals surface area contributed by atoms with Crippen LogP contribution in [0.4, 0.5) is 11.6 Å². The number of hydrogen-bond donors (Lipinski definition) is 0. The highest BCUT2D eigenvalue weighted by molar-refractivity contribution is 7.89. The molecule has 162 valence electrons. The first-order chi connectivity index (χ1) is 14.6. The van der Waals surface area contributed by atoms with E-state index >= 15 is 0 Å². The average molecular weight is 430 g/mol. The molecule has 0 N–H and O–H groups in total. The molecule has 3 heterocycles. The minimum Gasteiger partial charge on any atom is -0.355 e. The van der Waals surface area contributed by atoms with Crippen molar-refractivity contribution in [3.05, 3.63) is 42.0 Å². The molecule has 4 rings (SSSR count). The molecule has 0 bridgehead atoms. The van der Waals surface area contributed by atoms with Gasteiger partial charge in [-0.3, -0.25) is 0 Å². The molecule has 0 radical (unpaired) electrons. The molecule has 0 unspecified atom stereocenters. The van der Waals surface area contributed by atoms with Crippen molar-refractivity contribution in [1.82, 2.24) is 14.5 Å². The Morgan fingerprint density at radius 2 is 1.27 bits per heavy atom. The highest BCUT2D eigenvalue weighted by atomic mass is 32.2. The lowest BCUT2D eigenvalue weighted by Crippen LogP contribution is -2.49. The molecule has 2 aliphatic rings. The number of piperazine rings is 1. The Kier molecular flexibility index (Phi) is 6.53. The van der Waals surface area contributed by atoms with Crippen molar-refractivity contribution in [3.8, 4) is 0 Å². The highest BCUT2D eigenvalue weighted by Gasteiger charge is 2.29. The summed E-state index contributed by atoms with van der Waals surface area (Å²) in [5.74, 6) is 1.76. The number of nitrogens with zero attached hydrogens (tertiary/aromatic N) is 5. The molecular formula is C22H31N5O2S. The van der Waals surface area contributed by atoms with Crippen molar-refractivity contribution in [2.75, 3.05) is 49.1 Å². The Morgan fingerprint density at radius 1 is 0.733 bits per heavy atom. The van der Waals surface area contributed by atoms with Crippen LogP contribution >= 0.6 is 0 Å². The monoisotopic (exact) mass is 429 g/mol. The third kappa shape index (κ3) is 4.59. The molecule has 0 amide bonds. The van der Waals surface area contributed by atoms with E-state index < -0.39 is 10.0 Å². The van der Waals surface area contributed by atoms with Gasteiger partial charge in [-0.1, -0.05) is 31.9 Å². The van der Waals surface area contributed by atoms with E-state index in [-0.39, 0.29) is 0 Å². The molecule has 0 spiro atoms. The summed E-state index contributed by atoms with van der Waals surface area (Å²) in [4.78, 5) is 4.80. The van der Waals surface area contributed by atoms with Gasteiger partial charge in [-0.25, -0.2) is 8.42 Å². The first-order valence-electron chi connectivity index (χ1n) is 11.0. The van der Waals surface area contributed by atoms with Crippen molar-refractivity contribution in [2.24, 2.45) is 0 Å². The molecule has 7 nitrogen and oxygen atoms in total. The molecule has 0 atom stereocenters. The van der Waals surface area contributed by atoms with E-state index in [0.717, 1.165) is 36.7 Å². The van der Waals surface area contributed by atoms with Gasteiger partial charge in [-0.05, 0) is 49.1 Å². The summed E-state index contributed by atoms with van der Waals surface area (Å²) in [5, 5.41) is 8.89. The maximum Gasteiger partial charge on any atom is 0.243 e. The molecule has 0 saturated carbocycles. The van der Waals surface area contributed by atoms with Crippen LogP contribution < -0.4 is 9.80 Å². The molecule has 2 saturated heterocycles. The van der Waals surface area contributed by atoms with Crippen molar-refractivity contribution in [1.29, 1.82) is 0 Å². The van der Waals surface area contributed by atoms with E-state index in [2.05, 4.69) is 26.9 Å². The molecule has 0 aliphatic carbocycles. The Morgan fingerprint density at radius 3 is 1.77 bits per heavy atom. The van der Waals surface area contributed by atoms with Crippen molar-refractivity contribution < 1.29 is 8.42 Å². The minimum absolute atomic E-state index is 0.370. The van der Waals surface area contributed by atoms with Crippen LogP contribution in [-0.2, 0) is 16.4 Å². The van der Waals surface area contributed by atoms with Gasteiger partial charge >= 0.3 is 0 Å². The lowest BCUT2D eigenvalue weighted by molar-refractivity contribution is 0.383. The molecule has 2 aliphatic heterocycles. The lowest BCUT2D eigenvalue weighted by Gasteiger charge is -2.34. The van der Waals surface area contributed by atoms with Gasteiger partial charge in [0, 0.05) is 39.3 Å². The van der Waals surface area contributed by atoms with E-state index in [0.29, 0.717) is 31.1 Å². The zero-order valence-corrected chi connectivity index (χ0v) is 18.5. The SMILES string of the molecule is CCc1ccc(S(=O)(=O)N2CCN(c3ccc(N4CCCCCC4)nn3)CC2)cc1. The zero-order valence-electron chi connectivity index (χ0n) is 17.7. The quantitative estimate of drug-likeness (QED) is 0.728. The molecular weight excluding hydrogens is 398 g/mol. The van der Waals surface area contributed by atoms with Crippen LogP contribution in [0.5, 0.6) is 0 Å². The highest BCUT2D eigenvalue weighted by Crippen LogP contribution is 2.22. The Hall–Kier alpha value is -2.19. The smallest absolute Gasteiger partial charge is 0.243 e. The summed E-state index contributed by atoms with van der Waals surface area (Å²) in [7, 11) is -3.45. The van der Waals surface area contributed by atoms with E-state index in [9.17, 15) is 8.42 Å². The number of aromatic nitrogens is 2. The third-order valence-corrected chi connectivity index (χ3v) is 8.01. The first kappa shape index (κ1) is 21.1. The van der Waals surface area contributed by atoms with Gasteiger partial charge in [0.1, 0.15) is 0 Å². The average Bonchev–Trinajstić information content (AvgIpc) is 3.09. The number of rotatable bonds is 5. The van der Waals surface area contributed by atoms with Gasteiger partial charge in [0.15, 0.2) is 11.6 Å². The number of hydrogen-bond acceptors (Lipinski definition) is 6. The molecule has 2 aromatic rings. The number of aryl methyl sites for hydroxylation is 1. The largest absolute Gasteiger partial charge is 0.355 e. The predicted molar refractivity (Wildman–Crippen MR) is 120 cm³/mol. The summed E-state index contributed by atoms with van der Waals surface area (Å²) in [6, 6.07) is 11.3. The van der Waals surface area contributed by atoms with Gasteiger partial charge < -0.3 is 9.80 Å². The van der Waals surface area contributed by atoms with Gasteiger partial charge in [0.05, 0.1) is 4.90 Å². The van der Waals surface area contributed by atoms with Crippen LogP contribution in [0.3, 0.4) is 0 Å². The van der Waals surface area contributed by atoms with Crippen LogP contribution in [0.15, 0.2) is 41.3 Å². The fourth-order valence-electron chi connectivity index (χ4n) is 4.16. The van der Waals surface area contributed by atoms with E-state index in [1.54, 1.807) is 16.4 Å². The fourth-order valence-corrected chi connectivity index (χ4v) is 5.58. The van der Waals surface area contributed by atoms with Crippen LogP contribution in [0.25, 0.3) is 0 Å². The van der Waals surface area contributed by atoms with E-state index in [1.165, 1.54) is 25.7 Å². The van der Waals surface area contributed by atoms with Crippen LogP contribution in [-0.4, -0.2) is 62.2 Å². The van der Waals surface area contributed by atoms with Gasteiger partial charge in [-0.15, -0.1) is 10.2 Å². The molecule has 1 aromatic carbocycles. The lowest BCUT2D eigenvalue weighted by atomic mass is 10.2. The van der Waals surface area contributed by atoms with Crippen LogP contribution in [0.2, 0.25) is 0 Å². The molecule has 1 aromatic heterocycles. The zero-order chi connectivity index (χ0) is 21.0. The van der Waals surface area contributed by atoms with E-state index in [4.69, 9.17) is 0 Å². The molecule has 30 heavy (non-hydrogen) atoms. The standard InChI is InChI=1S/C22H31N5O2S/c1-2-19-7-9-20(10-8-19)30(28,29)27-17-15-26(16-18-27)22-12-11-21(23-24-22)25-13-5-3-4-6-14-25/h7-12H,2-6,13-18H2,1H3. The van der Waals surface area contributed by atoms with Crippen molar-refractivity contribution >= 4 is 21.7 Å². The first-order valence-corrected chi connectivity index (χ1v) is 12.4. The number of sulfonamides is 1. The topological polar surface area (TPSA) is 69.6 Å². The normalized spacial score (nSPS) is 19.0. The van der Waals surface area contributed by atoms with E-state index in [1.807, 2.05) is 24.3 Å². The second-order valence-electron chi connectivity index (χ2n) is 8.04. The van der Waals surface area contributed by atoms with Gasteiger partial charge in [-0.2, -0.15) is 4.31 Å². The molecule has 8 heteroatoms. The number of anilines is 2. The van der Waals surface area contributed by atoms with Crippen molar-refractivity contribution in [3.63, 3.8) is 0 Å². The third-order valence-electron chi connectivity index (χ3n) is 6.10. The van der Waals surface area contributed by atoms with Crippen LogP contribution in [0.1, 0.15) is 38.2 Å². The minimum atomic E-state index is -3.45. The fraction of sp³-hybridized carbons (Fsp3) is 0.545. The second kappa shape index (κ2) is 9.31. The Labute approximate surface area is 179 Å². The molecule has 2 fully saturated rings. The second-order valence-corrected chi connectivity index (χ2v) is 9.98. The summed E-state index contributed by atoms with van der Waals surface area (Å²) in [5.41, 5.74) is 1.14. The Bertz CT molecular complexity index is 915. The van der Waals surface area contributed by atoms with Crippen molar-refractivity contribution in [2.45, 2.75) is 43.9 Å². The van der Waals surface area contributed by atoms with Gasteiger partial charge in [0.2, 0.25) is 10.0 Å². The summed E-state index contributed by atoms with van der Waals surface area (Å²) < 4.78 is 27.5. The number of benzene rings is 1.